The van der Waals surface area contributed by atoms with E-state index in [1.807, 2.05) is 42.8 Å². The Morgan fingerprint density at radius 2 is 1.90 bits per heavy atom. The molecule has 0 saturated heterocycles. The van der Waals surface area contributed by atoms with Crippen LogP contribution in [0.3, 0.4) is 0 Å². The molecule has 0 bridgehead atoms. The van der Waals surface area contributed by atoms with Crippen LogP contribution >= 0.6 is 39.1 Å². The van der Waals surface area contributed by atoms with Crippen LogP contribution in [0.15, 0.2) is 46.9 Å². The van der Waals surface area contributed by atoms with E-state index in [0.29, 0.717) is 41.1 Å². The van der Waals surface area contributed by atoms with E-state index in [4.69, 9.17) is 27.9 Å². The lowest BCUT2D eigenvalue weighted by atomic mass is 10.1. The fraction of sp³-hybridized carbons (Fsp3) is 0.273. The highest BCUT2D eigenvalue weighted by Gasteiger charge is 2.09. The highest BCUT2D eigenvalue weighted by molar-refractivity contribution is 9.10. The lowest BCUT2D eigenvalue weighted by Gasteiger charge is -2.10. The van der Waals surface area contributed by atoms with E-state index in [1.54, 1.807) is 18.2 Å². The second-order valence-electron chi connectivity index (χ2n) is 6.88. The quantitative estimate of drug-likeness (QED) is 0.380. The van der Waals surface area contributed by atoms with Crippen LogP contribution in [-0.2, 0) is 13.2 Å². The predicted octanol–water partition coefficient (Wildman–Crippen LogP) is 5.97. The summed E-state index contributed by atoms with van der Waals surface area (Å²) in [5, 5.41) is 8.57. The van der Waals surface area contributed by atoms with Crippen LogP contribution < -0.4 is 10.1 Å². The third-order valence-electron chi connectivity index (χ3n) is 4.63. The standard InChI is InChI=1S/C22H22BrCl2N3O2/c1-14-21(25)15(2)28(27-14)11-3-10-26-22(29)17-6-4-16(5-7-17)13-30-20-9-8-18(23)12-19(20)24/h4-9,12H,3,10-11,13H2,1-2H3,(H,26,29). The van der Waals surface area contributed by atoms with Crippen molar-refractivity contribution >= 4 is 45.0 Å². The first-order chi connectivity index (χ1) is 14.3. The number of carbonyl (C=O) groups is 1. The van der Waals surface area contributed by atoms with Gasteiger partial charge < -0.3 is 10.1 Å². The molecule has 0 spiro atoms. The van der Waals surface area contributed by atoms with E-state index >= 15 is 0 Å². The van der Waals surface area contributed by atoms with Crippen LogP contribution in [0.2, 0.25) is 10.0 Å². The van der Waals surface area contributed by atoms with Crippen molar-refractivity contribution in [1.29, 1.82) is 0 Å². The first kappa shape index (κ1) is 22.7. The molecule has 30 heavy (non-hydrogen) atoms. The van der Waals surface area contributed by atoms with Gasteiger partial charge in [-0.05, 0) is 56.2 Å². The zero-order chi connectivity index (χ0) is 21.7. The SMILES string of the molecule is Cc1nn(CCCNC(=O)c2ccc(COc3ccc(Br)cc3Cl)cc2)c(C)c1Cl. The van der Waals surface area contributed by atoms with Gasteiger partial charge in [0.15, 0.2) is 0 Å². The van der Waals surface area contributed by atoms with Gasteiger partial charge in [0.05, 0.1) is 21.4 Å². The van der Waals surface area contributed by atoms with Crippen molar-refractivity contribution in [3.05, 3.63) is 79.5 Å². The normalized spacial score (nSPS) is 10.8. The van der Waals surface area contributed by atoms with E-state index in [9.17, 15) is 4.79 Å². The molecule has 0 atom stereocenters. The predicted molar refractivity (Wildman–Crippen MR) is 124 cm³/mol. The van der Waals surface area contributed by atoms with E-state index in [1.165, 1.54) is 0 Å². The molecule has 8 heteroatoms. The summed E-state index contributed by atoms with van der Waals surface area (Å²) < 4.78 is 8.52. The molecule has 0 saturated carbocycles. The molecule has 1 aromatic heterocycles. The number of hydrogen-bond donors (Lipinski definition) is 1. The molecule has 1 heterocycles. The number of carbonyl (C=O) groups excluding carboxylic acids is 1. The summed E-state index contributed by atoms with van der Waals surface area (Å²) in [4.78, 5) is 12.3. The first-order valence-electron chi connectivity index (χ1n) is 9.49. The molecule has 1 N–H and O–H groups in total. The number of nitrogens with zero attached hydrogens (tertiary/aromatic N) is 2. The fourth-order valence-corrected chi connectivity index (χ4v) is 3.79. The van der Waals surface area contributed by atoms with Crippen LogP contribution in [0, 0.1) is 13.8 Å². The monoisotopic (exact) mass is 509 g/mol. The zero-order valence-corrected chi connectivity index (χ0v) is 19.8. The van der Waals surface area contributed by atoms with Crippen molar-refractivity contribution in [3.8, 4) is 5.75 Å². The molecule has 0 fully saturated rings. The smallest absolute Gasteiger partial charge is 0.251 e. The minimum absolute atomic E-state index is 0.107. The Labute approximate surface area is 194 Å². The topological polar surface area (TPSA) is 56.2 Å². The molecule has 0 aliphatic heterocycles. The molecule has 3 rings (SSSR count). The summed E-state index contributed by atoms with van der Waals surface area (Å²) in [5.74, 6) is 0.510. The minimum Gasteiger partial charge on any atom is -0.487 e. The first-order valence-corrected chi connectivity index (χ1v) is 11.0. The van der Waals surface area contributed by atoms with Gasteiger partial charge in [-0.25, -0.2) is 0 Å². The van der Waals surface area contributed by atoms with Crippen molar-refractivity contribution in [1.82, 2.24) is 15.1 Å². The Morgan fingerprint density at radius 3 is 2.53 bits per heavy atom. The van der Waals surface area contributed by atoms with Gasteiger partial charge in [0.1, 0.15) is 12.4 Å². The number of hydrogen-bond acceptors (Lipinski definition) is 3. The van der Waals surface area contributed by atoms with Crippen molar-refractivity contribution < 1.29 is 9.53 Å². The molecule has 0 aliphatic rings. The average Bonchev–Trinajstić information content (AvgIpc) is 2.97. The molecular weight excluding hydrogens is 489 g/mol. The molecule has 158 valence electrons. The minimum atomic E-state index is -0.107. The molecule has 5 nitrogen and oxygen atoms in total. The molecular formula is C22H22BrCl2N3O2. The summed E-state index contributed by atoms with van der Waals surface area (Å²) in [6, 6.07) is 12.8. The van der Waals surface area contributed by atoms with Crippen molar-refractivity contribution in [2.45, 2.75) is 33.4 Å². The molecule has 2 aromatic carbocycles. The maximum atomic E-state index is 12.3. The van der Waals surface area contributed by atoms with Gasteiger partial charge in [-0.1, -0.05) is 51.3 Å². The van der Waals surface area contributed by atoms with Gasteiger partial charge in [-0.2, -0.15) is 5.10 Å². The Morgan fingerprint density at radius 1 is 1.17 bits per heavy atom. The second kappa shape index (κ2) is 10.3. The maximum absolute atomic E-state index is 12.3. The lowest BCUT2D eigenvalue weighted by Crippen LogP contribution is -2.25. The van der Waals surface area contributed by atoms with Crippen LogP contribution in [0.25, 0.3) is 0 Å². The third kappa shape index (κ3) is 5.78. The summed E-state index contributed by atoms with van der Waals surface area (Å²) >= 11 is 15.7. The number of aromatic nitrogens is 2. The number of halogens is 3. The second-order valence-corrected chi connectivity index (χ2v) is 8.58. The van der Waals surface area contributed by atoms with Crippen molar-refractivity contribution in [2.24, 2.45) is 0 Å². The van der Waals surface area contributed by atoms with Gasteiger partial charge in [-0.15, -0.1) is 0 Å². The van der Waals surface area contributed by atoms with Crippen LogP contribution in [0.4, 0.5) is 0 Å². The largest absolute Gasteiger partial charge is 0.487 e. The molecule has 0 radical (unpaired) electrons. The lowest BCUT2D eigenvalue weighted by molar-refractivity contribution is 0.0952. The van der Waals surface area contributed by atoms with Crippen molar-refractivity contribution in [2.75, 3.05) is 6.54 Å². The van der Waals surface area contributed by atoms with E-state index in [-0.39, 0.29) is 5.91 Å². The van der Waals surface area contributed by atoms with Gasteiger partial charge in [0.25, 0.3) is 5.91 Å². The fourth-order valence-electron chi connectivity index (χ4n) is 2.93. The van der Waals surface area contributed by atoms with E-state index in [2.05, 4.69) is 26.3 Å². The maximum Gasteiger partial charge on any atom is 0.251 e. The number of benzene rings is 2. The van der Waals surface area contributed by atoms with Gasteiger partial charge >= 0.3 is 0 Å². The Hall–Kier alpha value is -2.02. The highest BCUT2D eigenvalue weighted by Crippen LogP contribution is 2.28. The Kier molecular flexibility index (Phi) is 7.81. The number of amides is 1. The highest BCUT2D eigenvalue weighted by atomic mass is 79.9. The summed E-state index contributed by atoms with van der Waals surface area (Å²) in [7, 11) is 0. The van der Waals surface area contributed by atoms with Gasteiger partial charge in [-0.3, -0.25) is 9.48 Å². The van der Waals surface area contributed by atoms with Gasteiger partial charge in [0.2, 0.25) is 0 Å². The summed E-state index contributed by atoms with van der Waals surface area (Å²) in [6.07, 6.45) is 0.768. The Bertz CT molecular complexity index is 1040. The molecule has 3 aromatic rings. The number of ether oxygens (including phenoxy) is 1. The van der Waals surface area contributed by atoms with Crippen LogP contribution in [0.5, 0.6) is 5.75 Å². The molecule has 0 aliphatic carbocycles. The van der Waals surface area contributed by atoms with Crippen molar-refractivity contribution in [3.63, 3.8) is 0 Å². The van der Waals surface area contributed by atoms with E-state index < -0.39 is 0 Å². The average molecular weight is 511 g/mol. The summed E-state index contributed by atoms with van der Waals surface area (Å²) in [5.41, 5.74) is 3.33. The summed E-state index contributed by atoms with van der Waals surface area (Å²) in [6.45, 7) is 5.46. The third-order valence-corrected chi connectivity index (χ3v) is 5.97. The Balaban J connectivity index is 1.45. The number of aryl methyl sites for hydroxylation is 2. The molecule has 1 amide bonds. The zero-order valence-electron chi connectivity index (χ0n) is 16.7. The van der Waals surface area contributed by atoms with Gasteiger partial charge in [0, 0.05) is 23.1 Å². The van der Waals surface area contributed by atoms with E-state index in [0.717, 1.165) is 27.8 Å². The number of rotatable bonds is 8. The number of nitrogens with one attached hydrogen (secondary N) is 1. The van der Waals surface area contributed by atoms with Crippen LogP contribution in [0.1, 0.15) is 33.7 Å². The van der Waals surface area contributed by atoms with Crippen LogP contribution in [-0.4, -0.2) is 22.2 Å². The molecule has 0 unspecified atom stereocenters.